The standard InChI is InChI=1S/C23H27N3O2/c1-17-10-8-9-15-20(17)25-26-22(27)16-21(18-11-4-2-5-12-18)24-23(28)19-13-6-3-7-14-19/h2-7,11-14,17,21H,8-10,15-16H2,1H3,(H,24,28)(H,26,27)/t17-,21-/m0/s1. The molecule has 1 aliphatic rings. The number of carbonyl (C=O) groups excluding carboxylic acids is 2. The highest BCUT2D eigenvalue weighted by Crippen LogP contribution is 2.21. The van der Waals surface area contributed by atoms with Crippen LogP contribution in [0.15, 0.2) is 65.8 Å². The van der Waals surface area contributed by atoms with E-state index >= 15 is 0 Å². The zero-order valence-electron chi connectivity index (χ0n) is 16.2. The number of hydrogen-bond donors (Lipinski definition) is 2. The Hall–Kier alpha value is -2.95. The van der Waals surface area contributed by atoms with Crippen molar-refractivity contribution >= 4 is 17.5 Å². The van der Waals surface area contributed by atoms with Gasteiger partial charge in [0.15, 0.2) is 0 Å². The van der Waals surface area contributed by atoms with Crippen LogP contribution in [-0.4, -0.2) is 17.5 Å². The van der Waals surface area contributed by atoms with Gasteiger partial charge in [0.1, 0.15) is 0 Å². The van der Waals surface area contributed by atoms with E-state index in [0.29, 0.717) is 11.5 Å². The first kappa shape index (κ1) is 19.8. The summed E-state index contributed by atoms with van der Waals surface area (Å²) < 4.78 is 0. The van der Waals surface area contributed by atoms with Crippen LogP contribution in [0.1, 0.15) is 61.0 Å². The lowest BCUT2D eigenvalue weighted by Crippen LogP contribution is -2.33. The van der Waals surface area contributed by atoms with E-state index in [9.17, 15) is 9.59 Å². The summed E-state index contributed by atoms with van der Waals surface area (Å²) in [6.07, 6.45) is 4.53. The number of hydrazone groups is 1. The molecule has 0 bridgehead atoms. The molecule has 0 unspecified atom stereocenters. The van der Waals surface area contributed by atoms with Crippen LogP contribution in [0.2, 0.25) is 0 Å². The summed E-state index contributed by atoms with van der Waals surface area (Å²) in [6.45, 7) is 2.15. The van der Waals surface area contributed by atoms with Gasteiger partial charge >= 0.3 is 0 Å². The molecule has 2 amide bonds. The highest BCUT2D eigenvalue weighted by molar-refractivity contribution is 5.95. The molecule has 1 saturated carbocycles. The zero-order valence-corrected chi connectivity index (χ0v) is 16.2. The smallest absolute Gasteiger partial charge is 0.251 e. The Kier molecular flexibility index (Phi) is 6.95. The van der Waals surface area contributed by atoms with E-state index in [1.54, 1.807) is 12.1 Å². The molecule has 28 heavy (non-hydrogen) atoms. The summed E-state index contributed by atoms with van der Waals surface area (Å²) in [6, 6.07) is 18.1. The van der Waals surface area contributed by atoms with E-state index in [1.165, 1.54) is 6.42 Å². The van der Waals surface area contributed by atoms with Crippen LogP contribution in [0.3, 0.4) is 0 Å². The lowest BCUT2D eigenvalue weighted by molar-refractivity contribution is -0.121. The van der Waals surface area contributed by atoms with Gasteiger partial charge in [0.25, 0.3) is 5.91 Å². The first-order valence-electron chi connectivity index (χ1n) is 9.89. The zero-order chi connectivity index (χ0) is 19.8. The van der Waals surface area contributed by atoms with Gasteiger partial charge in [-0.1, -0.05) is 61.9 Å². The van der Waals surface area contributed by atoms with Gasteiger partial charge in [-0.05, 0) is 42.9 Å². The lowest BCUT2D eigenvalue weighted by atomic mass is 9.89. The highest BCUT2D eigenvalue weighted by Gasteiger charge is 2.20. The number of carbonyl (C=O) groups is 2. The maximum absolute atomic E-state index is 12.6. The number of amides is 2. The second-order valence-electron chi connectivity index (χ2n) is 7.29. The minimum Gasteiger partial charge on any atom is -0.345 e. The third-order valence-corrected chi connectivity index (χ3v) is 5.15. The maximum Gasteiger partial charge on any atom is 0.251 e. The van der Waals surface area contributed by atoms with Gasteiger partial charge < -0.3 is 5.32 Å². The van der Waals surface area contributed by atoms with Gasteiger partial charge in [-0.3, -0.25) is 9.59 Å². The van der Waals surface area contributed by atoms with E-state index in [1.807, 2.05) is 48.5 Å². The molecule has 0 heterocycles. The molecular weight excluding hydrogens is 350 g/mol. The van der Waals surface area contributed by atoms with Crippen LogP contribution in [0.25, 0.3) is 0 Å². The van der Waals surface area contributed by atoms with Crippen LogP contribution >= 0.6 is 0 Å². The van der Waals surface area contributed by atoms with Crippen molar-refractivity contribution in [2.24, 2.45) is 11.0 Å². The Labute approximate surface area is 166 Å². The minimum atomic E-state index is -0.419. The molecule has 0 aliphatic heterocycles. The molecular formula is C23H27N3O2. The lowest BCUT2D eigenvalue weighted by Gasteiger charge is -2.21. The fraction of sp³-hybridized carbons (Fsp3) is 0.348. The van der Waals surface area contributed by atoms with Gasteiger partial charge in [0.05, 0.1) is 12.5 Å². The Morgan fingerprint density at radius 1 is 1.04 bits per heavy atom. The van der Waals surface area contributed by atoms with Crippen molar-refractivity contribution in [1.82, 2.24) is 10.7 Å². The van der Waals surface area contributed by atoms with Crippen LogP contribution in [0, 0.1) is 5.92 Å². The second kappa shape index (κ2) is 9.83. The van der Waals surface area contributed by atoms with Crippen molar-refractivity contribution in [1.29, 1.82) is 0 Å². The molecule has 2 atom stereocenters. The summed E-state index contributed by atoms with van der Waals surface area (Å²) in [4.78, 5) is 25.1. The highest BCUT2D eigenvalue weighted by atomic mass is 16.2. The molecule has 0 spiro atoms. The summed E-state index contributed by atoms with van der Waals surface area (Å²) in [5.74, 6) is 0.0127. The normalized spacial score (nSPS) is 19.0. The molecule has 0 radical (unpaired) electrons. The molecule has 5 heteroatoms. The van der Waals surface area contributed by atoms with E-state index in [4.69, 9.17) is 0 Å². The quantitative estimate of drug-likeness (QED) is 0.740. The van der Waals surface area contributed by atoms with E-state index < -0.39 is 6.04 Å². The average Bonchev–Trinajstić information content (AvgIpc) is 2.74. The van der Waals surface area contributed by atoms with Crippen LogP contribution < -0.4 is 10.7 Å². The van der Waals surface area contributed by atoms with Gasteiger partial charge in [0, 0.05) is 11.3 Å². The minimum absolute atomic E-state index is 0.133. The number of benzene rings is 2. The number of rotatable bonds is 6. The van der Waals surface area contributed by atoms with Gasteiger partial charge in [-0.15, -0.1) is 0 Å². The van der Waals surface area contributed by atoms with E-state index in [-0.39, 0.29) is 18.2 Å². The van der Waals surface area contributed by atoms with Crippen molar-refractivity contribution < 1.29 is 9.59 Å². The molecule has 1 aliphatic carbocycles. The Bertz CT molecular complexity index is 818. The van der Waals surface area contributed by atoms with Crippen LogP contribution in [-0.2, 0) is 4.79 Å². The second-order valence-corrected chi connectivity index (χ2v) is 7.29. The summed E-state index contributed by atoms with van der Waals surface area (Å²) in [5, 5.41) is 7.33. The first-order valence-corrected chi connectivity index (χ1v) is 9.89. The van der Waals surface area contributed by atoms with E-state index in [0.717, 1.165) is 30.5 Å². The monoisotopic (exact) mass is 377 g/mol. The molecule has 0 saturated heterocycles. The van der Waals surface area contributed by atoms with E-state index in [2.05, 4.69) is 22.8 Å². The van der Waals surface area contributed by atoms with Crippen LogP contribution in [0.5, 0.6) is 0 Å². The summed E-state index contributed by atoms with van der Waals surface area (Å²) >= 11 is 0. The maximum atomic E-state index is 12.6. The molecule has 0 aromatic heterocycles. The average molecular weight is 377 g/mol. The molecule has 2 aromatic carbocycles. The summed E-state index contributed by atoms with van der Waals surface area (Å²) in [7, 11) is 0. The fourth-order valence-corrected chi connectivity index (χ4v) is 3.47. The number of nitrogens with zero attached hydrogens (tertiary/aromatic N) is 1. The third-order valence-electron chi connectivity index (χ3n) is 5.15. The van der Waals surface area contributed by atoms with Crippen molar-refractivity contribution in [3.05, 3.63) is 71.8 Å². The molecule has 2 aromatic rings. The van der Waals surface area contributed by atoms with Crippen molar-refractivity contribution in [3.63, 3.8) is 0 Å². The number of nitrogens with one attached hydrogen (secondary N) is 2. The topological polar surface area (TPSA) is 70.6 Å². The predicted octanol–water partition coefficient (Wildman–Crippen LogP) is 4.23. The van der Waals surface area contributed by atoms with Gasteiger partial charge in [-0.2, -0.15) is 5.10 Å². The SMILES string of the molecule is C[C@H]1CCCCC1=NNC(=O)C[C@H](NC(=O)c1ccccc1)c1ccccc1. The largest absolute Gasteiger partial charge is 0.345 e. The Morgan fingerprint density at radius 2 is 1.71 bits per heavy atom. The first-order chi connectivity index (χ1) is 13.6. The van der Waals surface area contributed by atoms with Crippen LogP contribution in [0.4, 0.5) is 0 Å². The fourth-order valence-electron chi connectivity index (χ4n) is 3.47. The van der Waals surface area contributed by atoms with Crippen molar-refractivity contribution in [2.45, 2.75) is 45.1 Å². The summed E-state index contributed by atoms with van der Waals surface area (Å²) in [5.41, 5.74) is 5.21. The van der Waals surface area contributed by atoms with Crippen molar-refractivity contribution in [3.8, 4) is 0 Å². The van der Waals surface area contributed by atoms with Gasteiger partial charge in [0.2, 0.25) is 5.91 Å². The molecule has 3 rings (SSSR count). The third kappa shape index (κ3) is 5.52. The van der Waals surface area contributed by atoms with Gasteiger partial charge in [-0.25, -0.2) is 5.43 Å². The molecule has 2 N–H and O–H groups in total. The Morgan fingerprint density at radius 3 is 2.39 bits per heavy atom. The molecule has 1 fully saturated rings. The Balaban J connectivity index is 1.68. The molecule has 146 valence electrons. The van der Waals surface area contributed by atoms with Crippen molar-refractivity contribution in [2.75, 3.05) is 0 Å². The predicted molar refractivity (Wildman–Crippen MR) is 111 cm³/mol. The number of hydrogen-bond acceptors (Lipinski definition) is 3. The molecule has 5 nitrogen and oxygen atoms in total.